The van der Waals surface area contributed by atoms with Gasteiger partial charge in [0.2, 0.25) is 0 Å². The molecule has 0 aliphatic rings. The highest BCUT2D eigenvalue weighted by molar-refractivity contribution is 5.96. The zero-order valence-electron chi connectivity index (χ0n) is 16.4. The van der Waals surface area contributed by atoms with Gasteiger partial charge in [-0.05, 0) is 43.7 Å². The Balaban J connectivity index is 2.50. The van der Waals surface area contributed by atoms with Gasteiger partial charge in [0.1, 0.15) is 0 Å². The maximum Gasteiger partial charge on any atom is 0.255 e. The summed E-state index contributed by atoms with van der Waals surface area (Å²) >= 11 is 0. The van der Waals surface area contributed by atoms with E-state index in [4.69, 9.17) is 5.10 Å². The fourth-order valence-corrected chi connectivity index (χ4v) is 2.91. The maximum atomic E-state index is 12.9. The minimum absolute atomic E-state index is 0.000406. The molecule has 25 heavy (non-hydrogen) atoms. The molecule has 0 saturated carbocycles. The number of amides is 1. The summed E-state index contributed by atoms with van der Waals surface area (Å²) in [5, 5.41) is 7.89. The fraction of sp³-hybridized carbons (Fsp3) is 0.524. The molecule has 1 N–H and O–H groups in total. The van der Waals surface area contributed by atoms with Crippen LogP contribution in [0.15, 0.2) is 24.3 Å². The van der Waals surface area contributed by atoms with E-state index in [-0.39, 0.29) is 5.91 Å². The Morgan fingerprint density at radius 2 is 1.76 bits per heavy atom. The second-order valence-electron chi connectivity index (χ2n) is 7.57. The molecular formula is C21H31N3O. The number of aromatic nitrogens is 2. The van der Waals surface area contributed by atoms with Gasteiger partial charge in [0.15, 0.2) is 0 Å². The van der Waals surface area contributed by atoms with Crippen molar-refractivity contribution >= 4 is 5.91 Å². The minimum Gasteiger partial charge on any atom is -0.352 e. The summed E-state index contributed by atoms with van der Waals surface area (Å²) in [5.41, 5.74) is 4.87. The van der Waals surface area contributed by atoms with Gasteiger partial charge in [0.25, 0.3) is 5.91 Å². The van der Waals surface area contributed by atoms with Crippen molar-refractivity contribution in [3.63, 3.8) is 0 Å². The first-order valence-corrected chi connectivity index (χ1v) is 9.29. The normalized spacial score (nSPS) is 11.4. The lowest BCUT2D eigenvalue weighted by molar-refractivity contribution is 0.0947. The Morgan fingerprint density at radius 1 is 1.12 bits per heavy atom. The zero-order valence-corrected chi connectivity index (χ0v) is 16.4. The number of benzene rings is 1. The standard InChI is InChI=1S/C21H31N3O/c1-7-19-20(21(25)22-13-15(4)5)18(12-14(2)3)23-24(19)17-10-8-16(6)9-11-17/h8-11,14-15H,7,12-13H2,1-6H3,(H,22,25). The van der Waals surface area contributed by atoms with E-state index in [0.717, 1.165) is 35.5 Å². The number of nitrogens with zero attached hydrogens (tertiary/aromatic N) is 2. The molecule has 0 saturated heterocycles. The maximum absolute atomic E-state index is 12.9. The molecule has 1 amide bonds. The van der Waals surface area contributed by atoms with Gasteiger partial charge in [-0.1, -0.05) is 52.3 Å². The van der Waals surface area contributed by atoms with E-state index in [0.29, 0.717) is 18.4 Å². The summed E-state index contributed by atoms with van der Waals surface area (Å²) in [5.74, 6) is 0.872. The van der Waals surface area contributed by atoms with Crippen molar-refractivity contribution in [3.05, 3.63) is 46.8 Å². The van der Waals surface area contributed by atoms with Crippen LogP contribution in [0.5, 0.6) is 0 Å². The molecule has 1 aromatic carbocycles. The van der Waals surface area contributed by atoms with Crippen LogP contribution in [0, 0.1) is 18.8 Å². The summed E-state index contributed by atoms with van der Waals surface area (Å²) < 4.78 is 1.95. The second-order valence-corrected chi connectivity index (χ2v) is 7.57. The number of carbonyl (C=O) groups is 1. The van der Waals surface area contributed by atoms with Gasteiger partial charge in [-0.25, -0.2) is 4.68 Å². The van der Waals surface area contributed by atoms with E-state index in [2.05, 4.69) is 71.1 Å². The van der Waals surface area contributed by atoms with E-state index in [1.165, 1.54) is 5.56 Å². The summed E-state index contributed by atoms with van der Waals surface area (Å²) in [6.07, 6.45) is 1.57. The Hall–Kier alpha value is -2.10. The van der Waals surface area contributed by atoms with Crippen LogP contribution < -0.4 is 5.32 Å². The molecule has 0 spiro atoms. The molecule has 0 radical (unpaired) electrons. The molecular weight excluding hydrogens is 310 g/mol. The Labute approximate surface area is 151 Å². The average Bonchev–Trinajstić information content (AvgIpc) is 2.90. The summed E-state index contributed by atoms with van der Waals surface area (Å²) in [6, 6.07) is 8.29. The third-order valence-electron chi connectivity index (χ3n) is 4.17. The quantitative estimate of drug-likeness (QED) is 0.815. The van der Waals surface area contributed by atoms with E-state index >= 15 is 0 Å². The first-order chi connectivity index (χ1) is 11.8. The molecule has 2 aromatic rings. The van der Waals surface area contributed by atoms with E-state index < -0.39 is 0 Å². The van der Waals surface area contributed by atoms with Gasteiger partial charge >= 0.3 is 0 Å². The molecule has 1 heterocycles. The summed E-state index contributed by atoms with van der Waals surface area (Å²) in [7, 11) is 0. The number of rotatable bonds is 7. The largest absolute Gasteiger partial charge is 0.352 e. The number of aryl methyl sites for hydroxylation is 1. The van der Waals surface area contributed by atoms with Gasteiger partial charge in [-0.2, -0.15) is 5.10 Å². The van der Waals surface area contributed by atoms with Crippen LogP contribution in [-0.2, 0) is 12.8 Å². The molecule has 2 rings (SSSR count). The van der Waals surface area contributed by atoms with Crippen molar-refractivity contribution in [1.82, 2.24) is 15.1 Å². The fourth-order valence-electron chi connectivity index (χ4n) is 2.91. The van der Waals surface area contributed by atoms with Crippen molar-refractivity contribution in [3.8, 4) is 5.69 Å². The minimum atomic E-state index is -0.000406. The Bertz CT molecular complexity index is 711. The molecule has 1 aromatic heterocycles. The molecule has 4 nitrogen and oxygen atoms in total. The van der Waals surface area contributed by atoms with Crippen LogP contribution in [0.1, 0.15) is 61.9 Å². The van der Waals surface area contributed by atoms with Gasteiger partial charge in [-0.15, -0.1) is 0 Å². The smallest absolute Gasteiger partial charge is 0.255 e. The average molecular weight is 341 g/mol. The van der Waals surface area contributed by atoms with Crippen LogP contribution in [0.2, 0.25) is 0 Å². The molecule has 0 aliphatic heterocycles. The monoisotopic (exact) mass is 341 g/mol. The van der Waals surface area contributed by atoms with Gasteiger partial charge < -0.3 is 5.32 Å². The van der Waals surface area contributed by atoms with Gasteiger partial charge in [-0.3, -0.25) is 4.79 Å². The summed E-state index contributed by atoms with van der Waals surface area (Å²) in [6.45, 7) is 13.4. The lowest BCUT2D eigenvalue weighted by Gasteiger charge is -2.11. The van der Waals surface area contributed by atoms with Crippen molar-refractivity contribution in [2.24, 2.45) is 11.8 Å². The van der Waals surface area contributed by atoms with Crippen LogP contribution in [0.4, 0.5) is 0 Å². The molecule has 0 bridgehead atoms. The van der Waals surface area contributed by atoms with Crippen LogP contribution >= 0.6 is 0 Å². The molecule has 136 valence electrons. The Kier molecular flexibility index (Phi) is 6.40. The molecule has 0 unspecified atom stereocenters. The van der Waals surface area contributed by atoms with Crippen molar-refractivity contribution in [2.75, 3.05) is 6.54 Å². The topological polar surface area (TPSA) is 46.9 Å². The Morgan fingerprint density at radius 3 is 2.28 bits per heavy atom. The number of nitrogens with one attached hydrogen (secondary N) is 1. The lowest BCUT2D eigenvalue weighted by atomic mass is 10.0. The predicted molar refractivity (Wildman–Crippen MR) is 103 cm³/mol. The number of carbonyl (C=O) groups excluding carboxylic acids is 1. The lowest BCUT2D eigenvalue weighted by Crippen LogP contribution is -2.29. The molecule has 0 aliphatic carbocycles. The second kappa shape index (κ2) is 8.32. The van der Waals surface area contributed by atoms with E-state index in [9.17, 15) is 4.79 Å². The third kappa shape index (κ3) is 4.71. The zero-order chi connectivity index (χ0) is 18.6. The highest BCUT2D eigenvalue weighted by Gasteiger charge is 2.23. The van der Waals surface area contributed by atoms with Crippen LogP contribution in [0.25, 0.3) is 5.69 Å². The first-order valence-electron chi connectivity index (χ1n) is 9.29. The molecule has 0 fully saturated rings. The van der Waals surface area contributed by atoms with E-state index in [1.807, 2.05) is 4.68 Å². The highest BCUT2D eigenvalue weighted by Crippen LogP contribution is 2.22. The number of hydrogen-bond donors (Lipinski definition) is 1. The summed E-state index contributed by atoms with van der Waals surface area (Å²) in [4.78, 5) is 12.9. The van der Waals surface area contributed by atoms with Crippen molar-refractivity contribution in [1.29, 1.82) is 0 Å². The van der Waals surface area contributed by atoms with Gasteiger partial charge in [0.05, 0.1) is 22.6 Å². The van der Waals surface area contributed by atoms with Crippen molar-refractivity contribution in [2.45, 2.75) is 54.4 Å². The highest BCUT2D eigenvalue weighted by atomic mass is 16.1. The first kappa shape index (κ1) is 19.2. The van der Waals surface area contributed by atoms with Crippen molar-refractivity contribution < 1.29 is 4.79 Å². The predicted octanol–water partition coefficient (Wildman–Crippen LogP) is 4.33. The number of hydrogen-bond acceptors (Lipinski definition) is 2. The molecule has 0 atom stereocenters. The SMILES string of the molecule is CCc1c(C(=O)NCC(C)C)c(CC(C)C)nn1-c1ccc(C)cc1. The van der Waals surface area contributed by atoms with Gasteiger partial charge in [0, 0.05) is 6.54 Å². The molecule has 4 heteroatoms. The van der Waals surface area contributed by atoms with Crippen LogP contribution in [-0.4, -0.2) is 22.2 Å². The third-order valence-corrected chi connectivity index (χ3v) is 4.17. The van der Waals surface area contributed by atoms with Crippen LogP contribution in [0.3, 0.4) is 0 Å². The van der Waals surface area contributed by atoms with E-state index in [1.54, 1.807) is 0 Å².